The first-order valence-electron chi connectivity index (χ1n) is 33.0. The third-order valence-electron chi connectivity index (χ3n) is 21.1. The number of rotatable bonds is 23. The summed E-state index contributed by atoms with van der Waals surface area (Å²) in [4.78, 5) is 101. The molecule has 6 aliphatic rings. The van der Waals surface area contributed by atoms with Gasteiger partial charge in [0, 0.05) is 17.0 Å². The Morgan fingerprint density at radius 1 is 0.687 bits per heavy atom. The molecule has 5 unspecified atom stereocenters. The van der Waals surface area contributed by atoms with E-state index in [0.717, 1.165) is 52.9 Å². The van der Waals surface area contributed by atoms with Gasteiger partial charge in [0.1, 0.15) is 62.3 Å². The van der Waals surface area contributed by atoms with Crippen LogP contribution in [-0.2, 0) is 72.8 Å². The molecule has 2 aliphatic carbocycles. The van der Waals surface area contributed by atoms with Crippen LogP contribution in [-0.4, -0.2) is 117 Å². The maximum absolute atomic E-state index is 15.5. The van der Waals surface area contributed by atoms with Gasteiger partial charge in [-0.2, -0.15) is 0 Å². The number of hydrogen-bond donors (Lipinski definition) is 2. The lowest BCUT2D eigenvalue weighted by Gasteiger charge is -2.33. The van der Waals surface area contributed by atoms with Crippen molar-refractivity contribution in [2.45, 2.75) is 214 Å². The number of aryl methyl sites for hydroxylation is 2. The number of fused-ring (bicyclic) bond motifs is 6. The summed E-state index contributed by atoms with van der Waals surface area (Å²) >= 11 is 2.03. The molecule has 2 N–H and O–H groups in total. The number of carbonyl (C=O) groups is 2. The zero-order chi connectivity index (χ0) is 70.4. The van der Waals surface area contributed by atoms with Crippen LogP contribution in [0.25, 0.3) is 42.0 Å². The first-order chi connectivity index (χ1) is 46.9. The monoisotopic (exact) mass is 1440 g/mol. The summed E-state index contributed by atoms with van der Waals surface area (Å²) in [6.45, 7) is 10.7. The van der Waals surface area contributed by atoms with Crippen molar-refractivity contribution in [1.82, 2.24) is 37.7 Å². The van der Waals surface area contributed by atoms with Crippen molar-refractivity contribution in [1.29, 1.82) is 0 Å². The van der Waals surface area contributed by atoms with Crippen molar-refractivity contribution in [3.8, 4) is 33.0 Å². The number of halogens is 1. The highest BCUT2D eigenvalue weighted by Crippen LogP contribution is 2.57. The molecule has 0 radical (unpaired) electrons. The van der Waals surface area contributed by atoms with Crippen LogP contribution < -0.4 is 41.4 Å². The van der Waals surface area contributed by atoms with E-state index in [2.05, 4.69) is 19.4 Å². The van der Waals surface area contributed by atoms with Gasteiger partial charge in [-0.05, 0) is 161 Å². The van der Waals surface area contributed by atoms with Crippen LogP contribution >= 0.6 is 22.7 Å². The van der Waals surface area contributed by atoms with E-state index >= 15 is 23.6 Å². The number of sulfonamides is 2. The maximum Gasteiger partial charge on any atom is 0.333 e. The molecule has 8 aromatic rings. The number of nitrogens with zero attached hydrogens (tertiary/aromatic N) is 6. The normalized spacial score (nSPS) is 24.1. The Kier molecular flexibility index (Phi) is 17.2. The number of aromatic nitrogens is 6. The van der Waals surface area contributed by atoms with Gasteiger partial charge in [-0.3, -0.25) is 37.8 Å². The van der Waals surface area contributed by atoms with Gasteiger partial charge in [-0.15, -0.1) is 22.7 Å². The van der Waals surface area contributed by atoms with Crippen molar-refractivity contribution in [3.05, 3.63) is 137 Å². The molecule has 528 valence electrons. The van der Waals surface area contributed by atoms with Gasteiger partial charge in [0.25, 0.3) is 22.9 Å². The fourth-order valence-corrected chi connectivity index (χ4v) is 20.1. The first kappa shape index (κ1) is 68.5. The zero-order valence-corrected chi connectivity index (χ0v) is 59.5. The summed E-state index contributed by atoms with van der Waals surface area (Å²) in [6.07, 6.45) is 7.45. The average Bonchev–Trinajstić information content (AvgIpc) is 1.62. The largest absolute Gasteiger partial charge is 0.496 e. The molecule has 4 saturated heterocycles. The van der Waals surface area contributed by atoms with Crippen LogP contribution in [0.5, 0.6) is 11.5 Å². The third kappa shape index (κ3) is 11.8. The van der Waals surface area contributed by atoms with Crippen LogP contribution in [0.3, 0.4) is 0 Å². The fourth-order valence-electron chi connectivity index (χ4n) is 14.7. The zero-order valence-electron chi connectivity index (χ0n) is 56.2. The van der Waals surface area contributed by atoms with Crippen LogP contribution in [0.4, 0.5) is 4.39 Å². The Bertz CT molecular complexity index is 5060. The molecule has 10 atom stereocenters. The van der Waals surface area contributed by atoms with Gasteiger partial charge < -0.3 is 37.3 Å². The second kappa shape index (κ2) is 24.9. The highest BCUT2D eigenvalue weighted by molar-refractivity contribution is 7.92. The number of ether oxygens (including phenoxy) is 6. The average molecular weight is 1440 g/mol. The van der Waals surface area contributed by atoms with E-state index in [1.807, 2.05) is 18.2 Å². The lowest BCUT2D eigenvalue weighted by molar-refractivity contribution is -0.127. The molecular formula is C68H77FN8O18S4. The minimum absolute atomic E-state index is 0.00821. The molecule has 4 aliphatic heterocycles. The van der Waals surface area contributed by atoms with Crippen molar-refractivity contribution in [2.75, 3.05) is 14.2 Å². The van der Waals surface area contributed by atoms with Crippen molar-refractivity contribution in [3.63, 3.8) is 0 Å². The smallest absolute Gasteiger partial charge is 0.333 e. The first-order valence-corrected chi connectivity index (χ1v) is 37.6. The van der Waals surface area contributed by atoms with Gasteiger partial charge in [0.15, 0.2) is 0 Å². The molecule has 99 heavy (non-hydrogen) atoms. The Hall–Kier alpha value is -7.65. The van der Waals surface area contributed by atoms with E-state index in [1.165, 1.54) is 102 Å². The van der Waals surface area contributed by atoms with Gasteiger partial charge in [-0.25, -0.2) is 49.9 Å². The number of methoxy groups -OCH3 is 2. The Labute approximate surface area is 575 Å². The number of benzene rings is 2. The number of hydrogen-bond acceptors (Lipinski definition) is 22. The molecule has 31 heteroatoms. The molecule has 2 amide bonds. The minimum atomic E-state index is -4.74. The third-order valence-corrected chi connectivity index (χ3v) is 28.0. The summed E-state index contributed by atoms with van der Waals surface area (Å²) in [7, 11) is -6.09. The van der Waals surface area contributed by atoms with Crippen LogP contribution in [0.2, 0.25) is 0 Å². The van der Waals surface area contributed by atoms with Gasteiger partial charge in [0.05, 0.1) is 106 Å². The summed E-state index contributed by atoms with van der Waals surface area (Å²) in [5.41, 5.74) is -6.66. The maximum atomic E-state index is 15.5. The van der Waals surface area contributed by atoms with Gasteiger partial charge in [-0.1, -0.05) is 18.2 Å². The molecule has 4 bridgehead atoms. The lowest BCUT2D eigenvalue weighted by Crippen LogP contribution is -2.57. The number of amides is 2. The molecule has 2 saturated carbocycles. The molecule has 6 aromatic heterocycles. The van der Waals surface area contributed by atoms with Crippen molar-refractivity contribution < 1.29 is 68.1 Å². The van der Waals surface area contributed by atoms with Crippen molar-refractivity contribution in [2.24, 2.45) is 0 Å². The fraction of sp³-hybridized carbons (Fsp3) is 0.529. The van der Waals surface area contributed by atoms with Gasteiger partial charge >= 0.3 is 11.4 Å². The number of nitrogens with one attached hydrogen (secondary N) is 2. The predicted octanol–water partition coefficient (Wildman–Crippen LogP) is 8.64. The van der Waals surface area contributed by atoms with E-state index in [9.17, 15) is 26.4 Å². The number of oxazole rings is 2. The SMILES string of the molecule is COc1ccccc1[C@H](Cn1c(=O)n(C(C)(C)C(=O)NS(=O)(=O)C2(C)CC2c2cnc(-c3sc4c(c3C)c(=O)n(C(C)(C)C(=O)NS(=O)(=O)C3(C)CC3)c(=O)n4C[C@H](OC3CC4CC[C@@H](C3)O4)c3cc(F)ccc3OC)o2)c(=O)c2c(C)c(-c3ncco3)sc21)OC1C[C@H]2CC[C@@H](C1)O2. The second-order valence-electron chi connectivity index (χ2n) is 28.4. The van der Waals surface area contributed by atoms with E-state index in [-0.39, 0.29) is 123 Å². The molecule has 14 rings (SSSR count). The topological polar surface area (TPSA) is 322 Å². The standard InChI is InChI=1S/C68H77FN8O18S4/c1-34-51-57(78)77(63(82)74(59(51)96-53(34)55-70-23-24-90-55)32-49(43-13-11-12-14-46(43)88-9)93-41-26-37-16-17-38(27-41)91-37)66(5,6)62(81)73-99(86,87)68(8)30-45(68)48-31-71-56(95-48)54-35(2)52-58(79)76(65(3,4)61(80)72-98(84,85)67(7)21-22-67)64(83)75(60(52)97-54)33-50(44-25-36(69)15-20-47(44)89-10)94-42-28-39-18-19-40(29-42)92-39/h11-15,20,23-25,31,37-42,45,49-50H,16-19,21-22,26-30,32-33H2,1-10H3,(H,72,80)(H,73,81)/t37-,38+,39-,40?,41?,42?,45?,49-,50-,68?/m0/s1. The van der Waals surface area contributed by atoms with Gasteiger partial charge in [0.2, 0.25) is 31.8 Å². The summed E-state index contributed by atoms with van der Waals surface area (Å²) in [6, 6.07) is 11.1. The molecule has 6 fully saturated rings. The minimum Gasteiger partial charge on any atom is -0.496 e. The van der Waals surface area contributed by atoms with Crippen LogP contribution in [0.1, 0.15) is 158 Å². The van der Waals surface area contributed by atoms with E-state index in [0.29, 0.717) is 52.0 Å². The summed E-state index contributed by atoms with van der Waals surface area (Å²) in [5, 5.41) is -0.00872. The Balaban J connectivity index is 0.798. The molecule has 10 heterocycles. The highest BCUT2D eigenvalue weighted by atomic mass is 32.2. The molecule has 2 aromatic carbocycles. The molecule has 0 spiro atoms. The van der Waals surface area contributed by atoms with E-state index < -0.39 is 105 Å². The highest BCUT2D eigenvalue weighted by Gasteiger charge is 2.63. The quantitative estimate of drug-likeness (QED) is 0.0605. The number of carbonyl (C=O) groups excluding carboxylic acids is 2. The van der Waals surface area contributed by atoms with Crippen LogP contribution in [0, 0.1) is 19.7 Å². The number of thiophene rings is 2. The lowest BCUT2D eigenvalue weighted by atomic mass is 10.0. The molecular weight excluding hydrogens is 1360 g/mol. The Morgan fingerprint density at radius 2 is 1.17 bits per heavy atom. The number of para-hydroxylation sites is 1. The van der Waals surface area contributed by atoms with E-state index in [1.54, 1.807) is 19.9 Å². The summed E-state index contributed by atoms with van der Waals surface area (Å²) in [5.74, 6) is -3.04. The Morgan fingerprint density at radius 3 is 1.67 bits per heavy atom. The second-order valence-corrected chi connectivity index (χ2v) is 34.8. The molecule has 26 nitrogen and oxygen atoms in total. The summed E-state index contributed by atoms with van der Waals surface area (Å²) < 4.78 is 128. The van der Waals surface area contributed by atoms with E-state index in [4.69, 9.17) is 37.3 Å². The predicted molar refractivity (Wildman–Crippen MR) is 363 cm³/mol. The van der Waals surface area contributed by atoms with Crippen LogP contribution in [0.15, 0.2) is 89.1 Å². The van der Waals surface area contributed by atoms with Crippen molar-refractivity contribution >= 4 is 75.0 Å².